The summed E-state index contributed by atoms with van der Waals surface area (Å²) in [7, 11) is 0. The average molecular weight is 294 g/mol. The Kier molecular flexibility index (Phi) is 5.40. The third kappa shape index (κ3) is 3.72. The maximum absolute atomic E-state index is 12.0. The molecule has 0 saturated carbocycles. The molecule has 1 aromatic heterocycles. The quantitative estimate of drug-likeness (QED) is 0.646. The van der Waals surface area contributed by atoms with Crippen molar-refractivity contribution in [1.29, 1.82) is 0 Å². The summed E-state index contributed by atoms with van der Waals surface area (Å²) in [5.41, 5.74) is 5.88. The van der Waals surface area contributed by atoms with Gasteiger partial charge in [0.25, 0.3) is 5.91 Å². The van der Waals surface area contributed by atoms with Crippen LogP contribution in [0.4, 0.5) is 10.9 Å². The number of hydrogen-bond donors (Lipinski definition) is 2. The summed E-state index contributed by atoms with van der Waals surface area (Å²) in [4.78, 5) is 19.2. The van der Waals surface area contributed by atoms with E-state index in [4.69, 9.17) is 5.73 Å². The number of nitrogens with one attached hydrogen (secondary N) is 1. The van der Waals surface area contributed by atoms with Crippen LogP contribution >= 0.6 is 11.3 Å². The van der Waals surface area contributed by atoms with Crippen LogP contribution in [0.25, 0.3) is 0 Å². The normalized spacial score (nSPS) is 15.7. The molecule has 2 heterocycles. The molecule has 6 heteroatoms. The SMILES string of the molecule is C=CCCNC(=O)c1sc(N2CCCCCC2)nc1N. The number of aromatic nitrogens is 1. The second-order valence-electron chi connectivity index (χ2n) is 4.95. The van der Waals surface area contributed by atoms with E-state index in [-0.39, 0.29) is 5.91 Å². The van der Waals surface area contributed by atoms with E-state index < -0.39 is 0 Å². The summed E-state index contributed by atoms with van der Waals surface area (Å²) < 4.78 is 0. The Bertz CT molecular complexity index is 464. The molecule has 2 rings (SSSR count). The van der Waals surface area contributed by atoms with Crippen LogP contribution in [-0.2, 0) is 0 Å². The van der Waals surface area contributed by atoms with Gasteiger partial charge in [0.15, 0.2) is 5.13 Å². The maximum Gasteiger partial charge on any atom is 0.265 e. The average Bonchev–Trinajstić information content (AvgIpc) is 2.66. The van der Waals surface area contributed by atoms with E-state index in [1.807, 2.05) is 0 Å². The predicted octanol–water partition coefficient (Wildman–Crippen LogP) is 2.41. The molecule has 0 aromatic carbocycles. The van der Waals surface area contributed by atoms with Gasteiger partial charge in [0.1, 0.15) is 10.7 Å². The van der Waals surface area contributed by atoms with Gasteiger partial charge >= 0.3 is 0 Å². The lowest BCUT2D eigenvalue weighted by atomic mass is 10.2. The number of nitrogens with two attached hydrogens (primary N) is 1. The van der Waals surface area contributed by atoms with Crippen molar-refractivity contribution in [3.05, 3.63) is 17.5 Å². The van der Waals surface area contributed by atoms with Crippen molar-refractivity contribution in [3.63, 3.8) is 0 Å². The van der Waals surface area contributed by atoms with Crippen molar-refractivity contribution in [2.45, 2.75) is 32.1 Å². The largest absolute Gasteiger partial charge is 0.382 e. The molecule has 1 saturated heterocycles. The smallest absolute Gasteiger partial charge is 0.265 e. The Hall–Kier alpha value is -1.56. The maximum atomic E-state index is 12.0. The van der Waals surface area contributed by atoms with Crippen LogP contribution in [0.1, 0.15) is 41.8 Å². The number of amides is 1. The van der Waals surface area contributed by atoms with Gasteiger partial charge in [-0.15, -0.1) is 6.58 Å². The van der Waals surface area contributed by atoms with E-state index in [1.165, 1.54) is 37.0 Å². The molecule has 0 unspecified atom stereocenters. The van der Waals surface area contributed by atoms with Crippen LogP contribution < -0.4 is 16.0 Å². The van der Waals surface area contributed by atoms with Gasteiger partial charge in [-0.25, -0.2) is 4.98 Å². The zero-order valence-corrected chi connectivity index (χ0v) is 12.5. The number of rotatable bonds is 5. The van der Waals surface area contributed by atoms with Crippen molar-refractivity contribution in [2.24, 2.45) is 0 Å². The fraction of sp³-hybridized carbons (Fsp3) is 0.571. The third-order valence-corrected chi connectivity index (χ3v) is 4.49. The second kappa shape index (κ2) is 7.28. The van der Waals surface area contributed by atoms with Crippen molar-refractivity contribution < 1.29 is 4.79 Å². The number of carbonyl (C=O) groups is 1. The first-order valence-corrected chi connectivity index (χ1v) is 7.94. The van der Waals surface area contributed by atoms with Crippen LogP contribution in [0.5, 0.6) is 0 Å². The van der Waals surface area contributed by atoms with E-state index in [1.54, 1.807) is 6.08 Å². The molecular weight excluding hydrogens is 272 g/mol. The van der Waals surface area contributed by atoms with E-state index >= 15 is 0 Å². The summed E-state index contributed by atoms with van der Waals surface area (Å²) in [6.07, 6.45) is 7.43. The number of nitrogen functional groups attached to an aromatic ring is 1. The Balaban J connectivity index is 2.04. The van der Waals surface area contributed by atoms with Gasteiger partial charge in [-0.2, -0.15) is 0 Å². The molecule has 0 bridgehead atoms. The molecule has 110 valence electrons. The zero-order valence-electron chi connectivity index (χ0n) is 11.7. The standard InChI is InChI=1S/C14H22N4OS/c1-2-3-8-16-13(19)11-12(15)17-14(20-11)18-9-6-4-5-7-10-18/h2H,1,3-10,15H2,(H,16,19). The molecule has 0 aliphatic carbocycles. The lowest BCUT2D eigenvalue weighted by Crippen LogP contribution is -2.24. The highest BCUT2D eigenvalue weighted by molar-refractivity contribution is 7.18. The van der Waals surface area contributed by atoms with Gasteiger partial charge in [0.2, 0.25) is 0 Å². The van der Waals surface area contributed by atoms with Gasteiger partial charge in [0.05, 0.1) is 0 Å². The summed E-state index contributed by atoms with van der Waals surface area (Å²) >= 11 is 1.39. The first-order valence-electron chi connectivity index (χ1n) is 7.12. The zero-order chi connectivity index (χ0) is 14.4. The van der Waals surface area contributed by atoms with Crippen LogP contribution in [0.3, 0.4) is 0 Å². The lowest BCUT2D eigenvalue weighted by Gasteiger charge is -2.18. The molecule has 1 aliphatic heterocycles. The molecule has 0 spiro atoms. The minimum atomic E-state index is -0.136. The van der Waals surface area contributed by atoms with E-state index in [0.717, 1.165) is 24.6 Å². The van der Waals surface area contributed by atoms with Gasteiger partial charge < -0.3 is 16.0 Å². The van der Waals surface area contributed by atoms with Crippen LogP contribution in [-0.4, -0.2) is 30.5 Å². The second-order valence-corrected chi connectivity index (χ2v) is 5.92. The predicted molar refractivity (Wildman–Crippen MR) is 84.4 cm³/mol. The molecule has 1 amide bonds. The molecule has 0 radical (unpaired) electrons. The van der Waals surface area contributed by atoms with Crippen LogP contribution in [0, 0.1) is 0 Å². The topological polar surface area (TPSA) is 71.2 Å². The Labute approximate surface area is 123 Å². The minimum absolute atomic E-state index is 0.136. The number of nitrogens with zero attached hydrogens (tertiary/aromatic N) is 2. The van der Waals surface area contributed by atoms with E-state index in [9.17, 15) is 4.79 Å². The first-order chi connectivity index (χ1) is 9.72. The van der Waals surface area contributed by atoms with Crippen LogP contribution in [0.2, 0.25) is 0 Å². The van der Waals surface area contributed by atoms with Crippen molar-refractivity contribution >= 4 is 28.2 Å². The van der Waals surface area contributed by atoms with Gasteiger partial charge in [-0.3, -0.25) is 4.79 Å². The monoisotopic (exact) mass is 294 g/mol. The lowest BCUT2D eigenvalue weighted by molar-refractivity contribution is 0.0959. The third-order valence-electron chi connectivity index (χ3n) is 3.36. The highest BCUT2D eigenvalue weighted by atomic mass is 32.1. The fourth-order valence-electron chi connectivity index (χ4n) is 2.25. The first kappa shape index (κ1) is 14.8. The number of thiazole rings is 1. The summed E-state index contributed by atoms with van der Waals surface area (Å²) in [5, 5.41) is 3.70. The molecule has 1 fully saturated rings. The van der Waals surface area contributed by atoms with E-state index in [2.05, 4.69) is 21.8 Å². The van der Waals surface area contributed by atoms with Crippen molar-refractivity contribution in [1.82, 2.24) is 10.3 Å². The number of carbonyl (C=O) groups excluding carboxylic acids is 1. The Morgan fingerprint density at radius 3 is 2.75 bits per heavy atom. The highest BCUT2D eigenvalue weighted by Gasteiger charge is 2.20. The van der Waals surface area contributed by atoms with Gasteiger partial charge in [0, 0.05) is 19.6 Å². The van der Waals surface area contributed by atoms with Gasteiger partial charge in [-0.05, 0) is 19.3 Å². The fourth-order valence-corrected chi connectivity index (χ4v) is 3.20. The molecule has 3 N–H and O–H groups in total. The summed E-state index contributed by atoms with van der Waals surface area (Å²) in [6.45, 7) is 6.22. The Morgan fingerprint density at radius 1 is 1.40 bits per heavy atom. The summed E-state index contributed by atoms with van der Waals surface area (Å²) in [5.74, 6) is 0.202. The van der Waals surface area contributed by atoms with Crippen molar-refractivity contribution in [3.8, 4) is 0 Å². The molecule has 1 aliphatic rings. The molecule has 20 heavy (non-hydrogen) atoms. The molecule has 5 nitrogen and oxygen atoms in total. The minimum Gasteiger partial charge on any atom is -0.382 e. The van der Waals surface area contributed by atoms with Gasteiger partial charge in [-0.1, -0.05) is 30.3 Å². The molecule has 0 atom stereocenters. The number of hydrogen-bond acceptors (Lipinski definition) is 5. The Morgan fingerprint density at radius 2 is 2.10 bits per heavy atom. The highest BCUT2D eigenvalue weighted by Crippen LogP contribution is 2.29. The molecular formula is C14H22N4OS. The van der Waals surface area contributed by atoms with E-state index in [0.29, 0.717) is 17.2 Å². The summed E-state index contributed by atoms with van der Waals surface area (Å²) in [6, 6.07) is 0. The van der Waals surface area contributed by atoms with Crippen LogP contribution in [0.15, 0.2) is 12.7 Å². The van der Waals surface area contributed by atoms with Crippen molar-refractivity contribution in [2.75, 3.05) is 30.3 Å². The molecule has 1 aromatic rings. The number of anilines is 2.